The van der Waals surface area contributed by atoms with Crippen molar-refractivity contribution >= 4 is 59.1 Å². The first-order valence-corrected chi connectivity index (χ1v) is 13.1. The number of anilines is 1. The number of sulfonamides is 1. The highest BCUT2D eigenvalue weighted by atomic mass is 79.9. The number of methoxy groups -OCH3 is 1. The minimum Gasteiger partial charge on any atom is -0.497 e. The van der Waals surface area contributed by atoms with Gasteiger partial charge < -0.3 is 9.30 Å². The maximum absolute atomic E-state index is 12.9. The van der Waals surface area contributed by atoms with Gasteiger partial charge in [-0.15, -0.1) is 0 Å². The molecule has 1 N–H and O–H groups in total. The topological polar surface area (TPSA) is 89.8 Å². The van der Waals surface area contributed by atoms with Crippen molar-refractivity contribution in [1.29, 1.82) is 0 Å². The van der Waals surface area contributed by atoms with Gasteiger partial charge in [0.15, 0.2) is 4.80 Å². The van der Waals surface area contributed by atoms with Gasteiger partial charge in [-0.2, -0.15) is 4.99 Å². The first-order valence-electron chi connectivity index (χ1n) is 9.96. The van der Waals surface area contributed by atoms with E-state index in [0.29, 0.717) is 17.1 Å². The Labute approximate surface area is 203 Å². The maximum Gasteiger partial charge on any atom is 0.279 e. The highest BCUT2D eigenvalue weighted by molar-refractivity contribution is 9.10. The normalized spacial score (nSPS) is 12.2. The van der Waals surface area contributed by atoms with Gasteiger partial charge >= 0.3 is 0 Å². The van der Waals surface area contributed by atoms with E-state index in [1.165, 1.54) is 36.6 Å². The molecule has 4 rings (SSSR count). The SMILES string of the molecule is CCn1c(=NC(=O)c2cccc(NS(=O)(=O)c3ccc(OC)cc3)c2)sc2cccc(Br)c21. The zero-order valence-electron chi connectivity index (χ0n) is 17.8. The number of fused-ring (bicyclic) bond motifs is 1. The number of nitrogens with zero attached hydrogens (tertiary/aromatic N) is 2. The summed E-state index contributed by atoms with van der Waals surface area (Å²) < 4.78 is 36.9. The largest absolute Gasteiger partial charge is 0.497 e. The quantitative estimate of drug-likeness (QED) is 0.367. The third-order valence-corrected chi connectivity index (χ3v) is 7.98. The zero-order valence-corrected chi connectivity index (χ0v) is 21.0. The van der Waals surface area contributed by atoms with Crippen LogP contribution < -0.4 is 14.3 Å². The number of amides is 1. The monoisotopic (exact) mass is 545 g/mol. The maximum atomic E-state index is 12.9. The van der Waals surface area contributed by atoms with E-state index in [1.807, 2.05) is 29.7 Å². The molecular weight excluding hydrogens is 526 g/mol. The van der Waals surface area contributed by atoms with Crippen LogP contribution in [0.5, 0.6) is 5.75 Å². The highest BCUT2D eigenvalue weighted by Crippen LogP contribution is 2.26. The average Bonchev–Trinajstić information content (AvgIpc) is 3.17. The molecule has 0 bridgehead atoms. The lowest BCUT2D eigenvalue weighted by Crippen LogP contribution is -2.16. The van der Waals surface area contributed by atoms with Crippen LogP contribution >= 0.6 is 27.3 Å². The number of aromatic nitrogens is 1. The van der Waals surface area contributed by atoms with Crippen LogP contribution in [0, 0.1) is 0 Å². The van der Waals surface area contributed by atoms with Crippen LogP contribution in [0.4, 0.5) is 5.69 Å². The number of benzene rings is 3. The number of hydrogen-bond donors (Lipinski definition) is 1. The molecule has 1 aromatic heterocycles. The molecule has 0 saturated carbocycles. The molecule has 1 heterocycles. The fourth-order valence-corrected chi connectivity index (χ4v) is 6.18. The van der Waals surface area contributed by atoms with E-state index in [4.69, 9.17) is 4.74 Å². The number of hydrogen-bond acceptors (Lipinski definition) is 5. The number of nitrogens with one attached hydrogen (secondary N) is 1. The summed E-state index contributed by atoms with van der Waals surface area (Å²) in [7, 11) is -2.32. The number of rotatable bonds is 6. The van der Waals surface area contributed by atoms with Crippen molar-refractivity contribution < 1.29 is 17.9 Å². The summed E-state index contributed by atoms with van der Waals surface area (Å²) in [5, 5.41) is 0. The van der Waals surface area contributed by atoms with Gasteiger partial charge in [-0.1, -0.05) is 23.5 Å². The average molecular weight is 546 g/mol. The summed E-state index contributed by atoms with van der Waals surface area (Å²) in [6, 6.07) is 18.2. The predicted octanol–water partition coefficient (Wildman–Crippen LogP) is 5.04. The minimum atomic E-state index is -3.83. The van der Waals surface area contributed by atoms with E-state index in [2.05, 4.69) is 25.6 Å². The molecule has 3 aromatic carbocycles. The molecule has 0 spiro atoms. The number of ether oxygens (including phenoxy) is 1. The lowest BCUT2D eigenvalue weighted by atomic mass is 10.2. The Balaban J connectivity index is 1.65. The second-order valence-corrected chi connectivity index (χ2v) is 10.5. The summed E-state index contributed by atoms with van der Waals surface area (Å²) in [6.07, 6.45) is 0. The summed E-state index contributed by atoms with van der Waals surface area (Å²) in [5.74, 6) is 0.103. The van der Waals surface area contributed by atoms with Crippen molar-refractivity contribution in [2.75, 3.05) is 11.8 Å². The number of thiazole rings is 1. The second-order valence-electron chi connectivity index (χ2n) is 6.99. The van der Waals surface area contributed by atoms with E-state index in [1.54, 1.807) is 30.3 Å². The Hall–Kier alpha value is -2.95. The van der Waals surface area contributed by atoms with E-state index >= 15 is 0 Å². The van der Waals surface area contributed by atoms with Crippen LogP contribution in [-0.4, -0.2) is 26.0 Å². The van der Waals surface area contributed by atoms with Crippen LogP contribution in [0.3, 0.4) is 0 Å². The van der Waals surface area contributed by atoms with Crippen molar-refractivity contribution in [2.24, 2.45) is 4.99 Å². The van der Waals surface area contributed by atoms with Gasteiger partial charge in [-0.3, -0.25) is 9.52 Å². The second kappa shape index (κ2) is 9.50. The Bertz CT molecular complexity index is 1510. The van der Waals surface area contributed by atoms with Gasteiger partial charge in [0, 0.05) is 22.3 Å². The number of carbonyl (C=O) groups is 1. The number of para-hydroxylation sites is 1. The van der Waals surface area contributed by atoms with Crippen LogP contribution in [0.2, 0.25) is 0 Å². The van der Waals surface area contributed by atoms with Crippen molar-refractivity contribution in [3.8, 4) is 5.75 Å². The van der Waals surface area contributed by atoms with E-state index in [9.17, 15) is 13.2 Å². The lowest BCUT2D eigenvalue weighted by molar-refractivity contribution is 0.0998. The molecule has 0 saturated heterocycles. The molecule has 0 aliphatic rings. The zero-order chi connectivity index (χ0) is 23.6. The van der Waals surface area contributed by atoms with Gasteiger partial charge in [0.2, 0.25) is 0 Å². The van der Waals surface area contributed by atoms with Crippen molar-refractivity contribution in [2.45, 2.75) is 18.4 Å². The fourth-order valence-electron chi connectivity index (χ4n) is 3.30. The van der Waals surface area contributed by atoms with Crippen LogP contribution in [0.15, 0.2) is 81.1 Å². The van der Waals surface area contributed by atoms with Gasteiger partial charge in [0.1, 0.15) is 5.75 Å². The molecule has 0 aliphatic heterocycles. The number of aryl methyl sites for hydroxylation is 1. The summed E-state index contributed by atoms with van der Waals surface area (Å²) >= 11 is 4.99. The predicted molar refractivity (Wildman–Crippen MR) is 133 cm³/mol. The number of halogens is 1. The first-order chi connectivity index (χ1) is 15.8. The van der Waals surface area contributed by atoms with Gasteiger partial charge in [0.25, 0.3) is 15.9 Å². The molecule has 4 aromatic rings. The Kier molecular flexibility index (Phi) is 6.68. The molecule has 0 atom stereocenters. The molecule has 7 nitrogen and oxygen atoms in total. The van der Waals surface area contributed by atoms with Gasteiger partial charge in [-0.05, 0) is 77.5 Å². The molecule has 33 heavy (non-hydrogen) atoms. The van der Waals surface area contributed by atoms with E-state index < -0.39 is 15.9 Å². The molecule has 10 heteroatoms. The van der Waals surface area contributed by atoms with Gasteiger partial charge in [0.05, 0.1) is 22.2 Å². The summed E-state index contributed by atoms with van der Waals surface area (Å²) in [5.41, 5.74) is 1.54. The Morgan fingerprint density at radius 3 is 2.55 bits per heavy atom. The van der Waals surface area contributed by atoms with E-state index in [-0.39, 0.29) is 16.1 Å². The van der Waals surface area contributed by atoms with Crippen LogP contribution in [0.25, 0.3) is 10.2 Å². The molecule has 170 valence electrons. The lowest BCUT2D eigenvalue weighted by Gasteiger charge is -2.09. The molecule has 1 amide bonds. The van der Waals surface area contributed by atoms with E-state index in [0.717, 1.165) is 14.7 Å². The molecule has 0 aliphatic carbocycles. The standard InChI is InChI=1S/C23H20BrN3O4S2/c1-3-27-21-19(24)8-5-9-20(21)32-23(27)25-22(28)15-6-4-7-16(14-15)26-33(29,30)18-12-10-17(31-2)11-13-18/h4-14,26H,3H2,1-2H3. The van der Waals surface area contributed by atoms with Crippen molar-refractivity contribution in [3.05, 3.63) is 81.6 Å². The molecule has 0 fully saturated rings. The minimum absolute atomic E-state index is 0.0876. The smallest absolute Gasteiger partial charge is 0.279 e. The third kappa shape index (κ3) is 4.87. The van der Waals surface area contributed by atoms with Crippen molar-refractivity contribution in [3.63, 3.8) is 0 Å². The highest BCUT2D eigenvalue weighted by Gasteiger charge is 2.16. The van der Waals surface area contributed by atoms with Crippen LogP contribution in [0.1, 0.15) is 17.3 Å². The molecular formula is C23H20BrN3O4S2. The Morgan fingerprint density at radius 1 is 1.12 bits per heavy atom. The molecule has 0 radical (unpaired) electrons. The van der Waals surface area contributed by atoms with Crippen molar-refractivity contribution in [1.82, 2.24) is 4.57 Å². The van der Waals surface area contributed by atoms with Gasteiger partial charge in [-0.25, -0.2) is 8.42 Å². The third-order valence-electron chi connectivity index (χ3n) is 4.90. The summed E-state index contributed by atoms with van der Waals surface area (Å²) in [4.78, 5) is 17.9. The van der Waals surface area contributed by atoms with Crippen LogP contribution in [-0.2, 0) is 16.6 Å². The first kappa shape index (κ1) is 23.2. The molecule has 0 unspecified atom stereocenters. The fraction of sp³-hybridized carbons (Fsp3) is 0.130. The summed E-state index contributed by atoms with van der Waals surface area (Å²) in [6.45, 7) is 2.64. The Morgan fingerprint density at radius 2 is 1.85 bits per heavy atom. The number of carbonyl (C=O) groups excluding carboxylic acids is 1.